The number of alkyl halides is 3. The van der Waals surface area contributed by atoms with Gasteiger partial charge >= 0.3 is 12.1 Å². The summed E-state index contributed by atoms with van der Waals surface area (Å²) >= 11 is 0. The van der Waals surface area contributed by atoms with Crippen LogP contribution in [0.4, 0.5) is 13.2 Å². The van der Waals surface area contributed by atoms with E-state index in [1.165, 1.54) is 0 Å². The molecule has 4 rings (SSSR count). The molecule has 3 aromatic rings. The van der Waals surface area contributed by atoms with Gasteiger partial charge in [-0.1, -0.05) is 6.07 Å². The van der Waals surface area contributed by atoms with Gasteiger partial charge in [0, 0.05) is 37.4 Å². The number of hydrogen-bond acceptors (Lipinski definition) is 5. The number of aliphatic carboxylic acids is 1. The van der Waals surface area contributed by atoms with Gasteiger partial charge < -0.3 is 19.3 Å². The van der Waals surface area contributed by atoms with Gasteiger partial charge in [0.15, 0.2) is 0 Å². The fourth-order valence-corrected chi connectivity index (χ4v) is 3.44. The summed E-state index contributed by atoms with van der Waals surface area (Å²) in [5.41, 5.74) is 3.55. The van der Waals surface area contributed by atoms with Crippen molar-refractivity contribution in [2.45, 2.75) is 38.9 Å². The van der Waals surface area contributed by atoms with Crippen molar-refractivity contribution in [2.75, 3.05) is 6.54 Å². The highest BCUT2D eigenvalue weighted by Crippen LogP contribution is 2.18. The van der Waals surface area contributed by atoms with Crippen molar-refractivity contribution >= 4 is 11.9 Å². The number of carbonyl (C=O) groups excluding carboxylic acids is 1. The Morgan fingerprint density at radius 3 is 2.53 bits per heavy atom. The molecular formula is C22H24F3N5O4. The van der Waals surface area contributed by atoms with E-state index in [9.17, 15) is 18.0 Å². The Kier molecular flexibility index (Phi) is 7.72. The molecule has 182 valence electrons. The third-order valence-corrected chi connectivity index (χ3v) is 5.08. The number of aromatic nitrogens is 4. The van der Waals surface area contributed by atoms with Crippen LogP contribution in [0.2, 0.25) is 0 Å². The van der Waals surface area contributed by atoms with Gasteiger partial charge in [-0.05, 0) is 37.3 Å². The number of fused-ring (bicyclic) bond motifs is 1. The number of halogens is 3. The number of hydrogen-bond donors (Lipinski definition) is 1. The number of carboxylic acids is 1. The first-order valence-corrected chi connectivity index (χ1v) is 10.3. The predicted octanol–water partition coefficient (Wildman–Crippen LogP) is 2.80. The fourth-order valence-electron chi connectivity index (χ4n) is 3.44. The maximum Gasteiger partial charge on any atom is 0.490 e. The molecule has 0 saturated carbocycles. The minimum atomic E-state index is -5.08. The van der Waals surface area contributed by atoms with Crippen LogP contribution in [0.15, 0.2) is 48.8 Å². The van der Waals surface area contributed by atoms with E-state index >= 15 is 0 Å². The number of aryl methyl sites for hydroxylation is 2. The zero-order valence-electron chi connectivity index (χ0n) is 18.6. The Morgan fingerprint density at radius 2 is 1.91 bits per heavy atom. The number of ether oxygens (including phenoxy) is 1. The predicted molar refractivity (Wildman–Crippen MR) is 114 cm³/mol. The van der Waals surface area contributed by atoms with Crippen molar-refractivity contribution in [3.8, 4) is 0 Å². The molecule has 0 spiro atoms. The smallest absolute Gasteiger partial charge is 0.475 e. The number of carboxylic acid groups (broad SMARTS) is 1. The first-order valence-electron chi connectivity index (χ1n) is 10.3. The van der Waals surface area contributed by atoms with E-state index in [1.807, 2.05) is 48.4 Å². The van der Waals surface area contributed by atoms with Gasteiger partial charge in [-0.15, -0.1) is 0 Å². The van der Waals surface area contributed by atoms with E-state index in [1.54, 1.807) is 24.0 Å². The quantitative estimate of drug-likeness (QED) is 0.618. The molecule has 1 amide bonds. The maximum atomic E-state index is 13.0. The molecule has 1 atom stereocenters. The van der Waals surface area contributed by atoms with Crippen molar-refractivity contribution < 1.29 is 32.6 Å². The number of pyridine rings is 1. The van der Waals surface area contributed by atoms with Gasteiger partial charge in [-0.3, -0.25) is 14.5 Å². The van der Waals surface area contributed by atoms with Crippen LogP contribution < -0.4 is 0 Å². The van der Waals surface area contributed by atoms with Crippen LogP contribution in [0.3, 0.4) is 0 Å². The molecule has 3 aromatic heterocycles. The van der Waals surface area contributed by atoms with Crippen LogP contribution in [0.25, 0.3) is 0 Å². The lowest BCUT2D eigenvalue weighted by Crippen LogP contribution is -2.38. The molecule has 4 heterocycles. The summed E-state index contributed by atoms with van der Waals surface area (Å²) in [5, 5.41) is 11.2. The topological polar surface area (TPSA) is 102 Å². The van der Waals surface area contributed by atoms with E-state index in [4.69, 9.17) is 14.6 Å². The molecule has 0 bridgehead atoms. The molecular weight excluding hydrogens is 455 g/mol. The lowest BCUT2D eigenvalue weighted by Gasteiger charge is -2.24. The summed E-state index contributed by atoms with van der Waals surface area (Å²) < 4.78 is 41.7. The average molecular weight is 479 g/mol. The minimum absolute atomic E-state index is 0.0352. The van der Waals surface area contributed by atoms with E-state index < -0.39 is 12.1 Å². The van der Waals surface area contributed by atoms with E-state index in [0.29, 0.717) is 31.9 Å². The van der Waals surface area contributed by atoms with Crippen molar-refractivity contribution in [1.29, 1.82) is 0 Å². The van der Waals surface area contributed by atoms with Gasteiger partial charge in [-0.25, -0.2) is 4.79 Å². The lowest BCUT2D eigenvalue weighted by atomic mass is 10.2. The van der Waals surface area contributed by atoms with Crippen molar-refractivity contribution in [3.05, 3.63) is 71.6 Å². The summed E-state index contributed by atoms with van der Waals surface area (Å²) in [4.78, 5) is 28.2. The fraction of sp³-hybridized carbons (Fsp3) is 0.364. The normalized spacial score (nSPS) is 15.7. The van der Waals surface area contributed by atoms with Gasteiger partial charge in [0.05, 0.1) is 31.5 Å². The summed E-state index contributed by atoms with van der Waals surface area (Å²) in [5.74, 6) is -2.79. The van der Waals surface area contributed by atoms with Gasteiger partial charge in [0.1, 0.15) is 5.69 Å². The Bertz CT molecular complexity index is 1140. The summed E-state index contributed by atoms with van der Waals surface area (Å²) in [6.07, 6.45) is -1.52. The van der Waals surface area contributed by atoms with Crippen LogP contribution >= 0.6 is 0 Å². The second kappa shape index (κ2) is 10.5. The maximum absolute atomic E-state index is 13.0. The molecule has 9 nitrogen and oxygen atoms in total. The van der Waals surface area contributed by atoms with Crippen LogP contribution in [0.5, 0.6) is 0 Å². The van der Waals surface area contributed by atoms with Crippen molar-refractivity contribution in [3.63, 3.8) is 0 Å². The molecule has 1 aliphatic rings. The molecule has 34 heavy (non-hydrogen) atoms. The zero-order chi connectivity index (χ0) is 24.9. The number of amides is 1. The standard InChI is InChI=1S/C20H23N5O2.C2HF3O2/c1-15-5-3-6-16(22-15)14-27-18-12-24-10-4-7-17(24)11-25(13-18)20(26)19-8-9-21-23(19)2;3-2(4,5)1(6)7/h3-10,18H,11-14H2,1-2H3;(H,6,7). The molecule has 0 radical (unpaired) electrons. The Morgan fingerprint density at radius 1 is 1.18 bits per heavy atom. The molecule has 0 aliphatic carbocycles. The summed E-state index contributed by atoms with van der Waals surface area (Å²) in [6.45, 7) is 4.19. The number of nitrogens with zero attached hydrogens (tertiary/aromatic N) is 5. The lowest BCUT2D eigenvalue weighted by molar-refractivity contribution is -0.192. The van der Waals surface area contributed by atoms with Crippen molar-refractivity contribution in [2.24, 2.45) is 7.05 Å². The van der Waals surface area contributed by atoms with Crippen LogP contribution in [-0.4, -0.2) is 60.0 Å². The Balaban J connectivity index is 0.000000406. The Hall–Kier alpha value is -3.67. The molecule has 1 N–H and O–H groups in total. The largest absolute Gasteiger partial charge is 0.490 e. The summed E-state index contributed by atoms with van der Waals surface area (Å²) in [7, 11) is 1.78. The molecule has 1 aliphatic heterocycles. The van der Waals surface area contributed by atoms with Crippen LogP contribution in [0, 0.1) is 6.92 Å². The number of carbonyl (C=O) groups is 2. The van der Waals surface area contributed by atoms with Gasteiger partial charge in [-0.2, -0.15) is 18.3 Å². The molecule has 0 saturated heterocycles. The second-order valence-electron chi connectivity index (χ2n) is 7.68. The highest BCUT2D eigenvalue weighted by Gasteiger charge is 2.38. The van der Waals surface area contributed by atoms with E-state index in [0.717, 1.165) is 17.1 Å². The zero-order valence-corrected chi connectivity index (χ0v) is 18.6. The highest BCUT2D eigenvalue weighted by atomic mass is 19.4. The van der Waals surface area contributed by atoms with E-state index in [2.05, 4.69) is 14.6 Å². The van der Waals surface area contributed by atoms with Crippen LogP contribution in [0.1, 0.15) is 27.6 Å². The van der Waals surface area contributed by atoms with Crippen molar-refractivity contribution in [1.82, 2.24) is 24.2 Å². The monoisotopic (exact) mass is 479 g/mol. The summed E-state index contributed by atoms with van der Waals surface area (Å²) in [6, 6.07) is 11.7. The third kappa shape index (κ3) is 6.44. The highest BCUT2D eigenvalue weighted by molar-refractivity contribution is 5.92. The van der Waals surface area contributed by atoms with Gasteiger partial charge in [0.25, 0.3) is 5.91 Å². The first kappa shape index (κ1) is 25.0. The molecule has 0 fully saturated rings. The van der Waals surface area contributed by atoms with Crippen LogP contribution in [-0.2, 0) is 36.3 Å². The molecule has 1 unspecified atom stereocenters. The molecule has 12 heteroatoms. The minimum Gasteiger partial charge on any atom is -0.475 e. The SMILES string of the molecule is Cc1cccc(COC2CN(C(=O)c3ccnn3C)Cc3cccn3C2)n1.O=C(O)C(F)(F)F. The third-order valence-electron chi connectivity index (χ3n) is 5.08. The molecule has 0 aromatic carbocycles. The Labute approximate surface area is 193 Å². The number of rotatable bonds is 4. The van der Waals surface area contributed by atoms with E-state index in [-0.39, 0.29) is 12.0 Å². The first-order chi connectivity index (χ1) is 16.0. The second-order valence-corrected chi connectivity index (χ2v) is 7.68. The average Bonchev–Trinajstić information content (AvgIpc) is 3.35. The van der Waals surface area contributed by atoms with Gasteiger partial charge in [0.2, 0.25) is 0 Å².